The lowest BCUT2D eigenvalue weighted by molar-refractivity contribution is -0.137. The van der Waals surface area contributed by atoms with E-state index in [9.17, 15) is 14.4 Å². The van der Waals surface area contributed by atoms with Gasteiger partial charge in [-0.2, -0.15) is 10.2 Å². The van der Waals surface area contributed by atoms with Crippen LogP contribution in [0.1, 0.15) is 5.69 Å². The summed E-state index contributed by atoms with van der Waals surface area (Å²) in [4.78, 5) is 32.6. The van der Waals surface area contributed by atoms with Crippen molar-refractivity contribution in [2.24, 2.45) is 0 Å². The first-order valence-electron chi connectivity index (χ1n) is 5.34. The Kier molecular flexibility index (Phi) is 5.73. The van der Waals surface area contributed by atoms with Gasteiger partial charge in [0.2, 0.25) is 5.91 Å². The van der Waals surface area contributed by atoms with Gasteiger partial charge in [-0.1, -0.05) is 0 Å². The summed E-state index contributed by atoms with van der Waals surface area (Å²) in [6, 6.07) is 2.81. The summed E-state index contributed by atoms with van der Waals surface area (Å²) in [6.45, 7) is -0.613. The first-order valence-corrected chi connectivity index (χ1v) is 5.34. The molecular formula is C10H13N5O4. The smallest absolute Gasteiger partial charge is 0.322 e. The highest BCUT2D eigenvalue weighted by Gasteiger charge is 2.06. The van der Waals surface area contributed by atoms with E-state index in [-0.39, 0.29) is 13.1 Å². The molecule has 9 nitrogen and oxygen atoms in total. The minimum atomic E-state index is -1.15. The van der Waals surface area contributed by atoms with Crippen LogP contribution in [0.2, 0.25) is 0 Å². The highest BCUT2D eigenvalue weighted by Crippen LogP contribution is 1.88. The van der Waals surface area contributed by atoms with E-state index in [1.54, 1.807) is 12.1 Å². The van der Waals surface area contributed by atoms with Crippen molar-refractivity contribution < 1.29 is 19.5 Å². The second-order valence-electron chi connectivity index (χ2n) is 3.42. The molecule has 0 saturated carbocycles. The third-order valence-electron chi connectivity index (χ3n) is 1.90. The molecule has 9 heteroatoms. The molecule has 0 aliphatic carbocycles. The largest absolute Gasteiger partial charge is 0.480 e. The lowest BCUT2D eigenvalue weighted by Gasteiger charge is -2.06. The van der Waals surface area contributed by atoms with Crippen LogP contribution in [0.4, 0.5) is 4.79 Å². The van der Waals surface area contributed by atoms with E-state index in [0.717, 1.165) is 0 Å². The summed E-state index contributed by atoms with van der Waals surface area (Å²) in [7, 11) is 0. The molecule has 0 radical (unpaired) electrons. The van der Waals surface area contributed by atoms with Crippen LogP contribution in [0.25, 0.3) is 0 Å². The van der Waals surface area contributed by atoms with Crippen molar-refractivity contribution in [3.63, 3.8) is 0 Å². The zero-order chi connectivity index (χ0) is 14.1. The number of hydrogen-bond acceptors (Lipinski definition) is 5. The predicted molar refractivity (Wildman–Crippen MR) is 62.9 cm³/mol. The van der Waals surface area contributed by atoms with E-state index < -0.39 is 24.5 Å². The molecular weight excluding hydrogens is 254 g/mol. The number of carbonyl (C=O) groups is 3. The van der Waals surface area contributed by atoms with Crippen molar-refractivity contribution in [3.05, 3.63) is 24.0 Å². The Morgan fingerprint density at radius 3 is 2.58 bits per heavy atom. The molecule has 0 saturated heterocycles. The summed E-state index contributed by atoms with van der Waals surface area (Å²) in [5, 5.41) is 22.6. The number of amides is 3. The fraction of sp³-hybridized carbons (Fsp3) is 0.300. The summed E-state index contributed by atoms with van der Waals surface area (Å²) in [5.74, 6) is -1.74. The first kappa shape index (κ1) is 14.4. The number of urea groups is 1. The molecule has 102 valence electrons. The second kappa shape index (κ2) is 7.58. The molecule has 19 heavy (non-hydrogen) atoms. The standard InChI is InChI=1S/C10H13N5O4/c16-8(11-6-9(17)18)5-13-10(19)12-4-7-2-1-3-14-15-7/h1-3H,4-6H2,(H,11,16)(H,17,18)(H2,12,13,19). The van der Waals surface area contributed by atoms with Crippen LogP contribution in [0.15, 0.2) is 18.3 Å². The number of aliphatic carboxylic acids is 1. The predicted octanol–water partition coefficient (Wildman–Crippen LogP) is -1.52. The molecule has 4 N–H and O–H groups in total. The van der Waals surface area contributed by atoms with E-state index in [0.29, 0.717) is 5.69 Å². The Morgan fingerprint density at radius 1 is 1.16 bits per heavy atom. The maximum atomic E-state index is 11.3. The van der Waals surface area contributed by atoms with Gasteiger partial charge < -0.3 is 21.1 Å². The van der Waals surface area contributed by atoms with Gasteiger partial charge in [0.1, 0.15) is 6.54 Å². The van der Waals surface area contributed by atoms with Crippen LogP contribution in [-0.4, -0.2) is 46.3 Å². The summed E-state index contributed by atoms with van der Waals surface area (Å²) in [6.07, 6.45) is 1.51. The molecule has 0 unspecified atom stereocenters. The monoisotopic (exact) mass is 267 g/mol. The average molecular weight is 267 g/mol. The fourth-order valence-electron chi connectivity index (χ4n) is 1.06. The number of carbonyl (C=O) groups excluding carboxylic acids is 2. The Morgan fingerprint density at radius 2 is 1.95 bits per heavy atom. The number of carboxylic acid groups (broad SMARTS) is 1. The number of aromatic nitrogens is 2. The number of nitrogens with zero attached hydrogens (tertiary/aromatic N) is 2. The molecule has 3 amide bonds. The summed E-state index contributed by atoms with van der Waals surface area (Å²) < 4.78 is 0. The van der Waals surface area contributed by atoms with E-state index >= 15 is 0 Å². The van der Waals surface area contributed by atoms with Crippen molar-refractivity contribution >= 4 is 17.9 Å². The number of carboxylic acids is 1. The van der Waals surface area contributed by atoms with Gasteiger partial charge in [-0.05, 0) is 12.1 Å². The van der Waals surface area contributed by atoms with Gasteiger partial charge in [-0.25, -0.2) is 4.79 Å². The van der Waals surface area contributed by atoms with Gasteiger partial charge in [-0.3, -0.25) is 9.59 Å². The van der Waals surface area contributed by atoms with Crippen molar-refractivity contribution in [3.8, 4) is 0 Å². The Balaban J connectivity index is 2.17. The van der Waals surface area contributed by atoms with Crippen molar-refractivity contribution in [2.75, 3.05) is 13.1 Å². The van der Waals surface area contributed by atoms with Gasteiger partial charge in [0.15, 0.2) is 0 Å². The zero-order valence-corrected chi connectivity index (χ0v) is 9.92. The maximum absolute atomic E-state index is 11.3. The summed E-state index contributed by atoms with van der Waals surface area (Å²) >= 11 is 0. The Bertz CT molecular complexity index is 450. The van der Waals surface area contributed by atoms with Gasteiger partial charge in [0.25, 0.3) is 0 Å². The molecule has 0 fully saturated rings. The van der Waals surface area contributed by atoms with Crippen molar-refractivity contribution in [1.29, 1.82) is 0 Å². The van der Waals surface area contributed by atoms with Gasteiger partial charge in [-0.15, -0.1) is 0 Å². The van der Waals surface area contributed by atoms with E-state index in [1.807, 2.05) is 0 Å². The van der Waals surface area contributed by atoms with Gasteiger partial charge >= 0.3 is 12.0 Å². The minimum Gasteiger partial charge on any atom is -0.480 e. The third-order valence-corrected chi connectivity index (χ3v) is 1.90. The molecule has 1 aromatic rings. The third kappa shape index (κ3) is 6.56. The molecule has 1 aromatic heterocycles. The molecule has 0 spiro atoms. The van der Waals surface area contributed by atoms with Crippen LogP contribution in [0.3, 0.4) is 0 Å². The van der Waals surface area contributed by atoms with Crippen LogP contribution < -0.4 is 16.0 Å². The number of hydrogen-bond donors (Lipinski definition) is 4. The van der Waals surface area contributed by atoms with Crippen LogP contribution in [-0.2, 0) is 16.1 Å². The topological polar surface area (TPSA) is 133 Å². The van der Waals surface area contributed by atoms with E-state index in [4.69, 9.17) is 5.11 Å². The van der Waals surface area contributed by atoms with Crippen LogP contribution >= 0.6 is 0 Å². The minimum absolute atomic E-state index is 0.177. The molecule has 0 atom stereocenters. The second-order valence-corrected chi connectivity index (χ2v) is 3.42. The van der Waals surface area contributed by atoms with Gasteiger partial charge in [0, 0.05) is 6.20 Å². The molecule has 0 aliphatic rings. The lowest BCUT2D eigenvalue weighted by Crippen LogP contribution is -2.42. The fourth-order valence-corrected chi connectivity index (χ4v) is 1.06. The normalized spacial score (nSPS) is 9.47. The van der Waals surface area contributed by atoms with Gasteiger partial charge in [0.05, 0.1) is 18.8 Å². The number of rotatable bonds is 6. The Hall–Kier alpha value is -2.71. The lowest BCUT2D eigenvalue weighted by atomic mass is 10.4. The molecule has 1 heterocycles. The van der Waals surface area contributed by atoms with Crippen molar-refractivity contribution in [1.82, 2.24) is 26.1 Å². The highest BCUT2D eigenvalue weighted by molar-refractivity contribution is 5.86. The quantitative estimate of drug-likeness (QED) is 0.494. The highest BCUT2D eigenvalue weighted by atomic mass is 16.4. The van der Waals surface area contributed by atoms with Crippen LogP contribution in [0, 0.1) is 0 Å². The summed E-state index contributed by atoms with van der Waals surface area (Å²) in [5.41, 5.74) is 0.577. The number of nitrogens with one attached hydrogen (secondary N) is 3. The molecule has 1 rings (SSSR count). The zero-order valence-electron chi connectivity index (χ0n) is 9.92. The molecule has 0 aromatic carbocycles. The Labute approximate surface area is 108 Å². The first-order chi connectivity index (χ1) is 9.08. The maximum Gasteiger partial charge on any atom is 0.322 e. The molecule has 0 aliphatic heterocycles. The SMILES string of the molecule is O=C(O)CNC(=O)CNC(=O)NCc1cccnn1. The van der Waals surface area contributed by atoms with Crippen molar-refractivity contribution in [2.45, 2.75) is 6.54 Å². The molecule has 0 bridgehead atoms. The van der Waals surface area contributed by atoms with Crippen LogP contribution in [0.5, 0.6) is 0 Å². The van der Waals surface area contributed by atoms with E-state index in [2.05, 4.69) is 26.1 Å². The van der Waals surface area contributed by atoms with E-state index in [1.165, 1.54) is 6.20 Å². The average Bonchev–Trinajstić information content (AvgIpc) is 2.41.